The molecule has 5 nitrogen and oxygen atoms in total. The van der Waals surface area contributed by atoms with Crippen LogP contribution in [0.4, 0.5) is 5.00 Å². The quantitative estimate of drug-likeness (QED) is 0.855. The van der Waals surface area contributed by atoms with Crippen molar-refractivity contribution in [1.82, 2.24) is 5.32 Å². The van der Waals surface area contributed by atoms with Crippen LogP contribution < -0.4 is 15.4 Å². The molecule has 0 atom stereocenters. The van der Waals surface area contributed by atoms with Crippen molar-refractivity contribution in [3.8, 4) is 5.75 Å². The fourth-order valence-electron chi connectivity index (χ4n) is 2.11. The first-order valence-corrected chi connectivity index (χ1v) is 8.29. The first-order valence-electron chi connectivity index (χ1n) is 7.47. The SMILES string of the molecule is COc1ccc(CNC(=O)c2ccc(NC(=O)C3CC3)s2)cc1. The number of benzene rings is 1. The number of hydrogen-bond acceptors (Lipinski definition) is 4. The summed E-state index contributed by atoms with van der Waals surface area (Å²) in [5.74, 6) is 0.855. The second kappa shape index (κ2) is 6.83. The topological polar surface area (TPSA) is 67.4 Å². The van der Waals surface area contributed by atoms with Crippen LogP contribution in [0.15, 0.2) is 36.4 Å². The van der Waals surface area contributed by atoms with E-state index in [2.05, 4.69) is 10.6 Å². The molecular weight excluding hydrogens is 312 g/mol. The van der Waals surface area contributed by atoms with Crippen LogP contribution in [0.2, 0.25) is 0 Å². The molecule has 1 heterocycles. The monoisotopic (exact) mass is 330 g/mol. The molecule has 0 aliphatic heterocycles. The summed E-state index contributed by atoms with van der Waals surface area (Å²) in [5.41, 5.74) is 0.998. The number of amides is 2. The number of carbonyl (C=O) groups excluding carboxylic acids is 2. The van der Waals surface area contributed by atoms with E-state index in [1.165, 1.54) is 11.3 Å². The highest BCUT2D eigenvalue weighted by molar-refractivity contribution is 7.18. The number of thiophene rings is 1. The van der Waals surface area contributed by atoms with Crippen LogP contribution in [0.1, 0.15) is 28.1 Å². The predicted molar refractivity (Wildman–Crippen MR) is 89.8 cm³/mol. The lowest BCUT2D eigenvalue weighted by Gasteiger charge is -2.05. The number of rotatable bonds is 6. The maximum Gasteiger partial charge on any atom is 0.261 e. The Hall–Kier alpha value is -2.34. The van der Waals surface area contributed by atoms with E-state index in [1.54, 1.807) is 19.2 Å². The minimum atomic E-state index is -0.141. The molecule has 0 unspecified atom stereocenters. The van der Waals surface area contributed by atoms with Crippen LogP contribution in [0.5, 0.6) is 5.75 Å². The number of hydrogen-bond donors (Lipinski definition) is 2. The number of methoxy groups -OCH3 is 1. The fraction of sp³-hybridized carbons (Fsp3) is 0.294. The zero-order valence-corrected chi connectivity index (χ0v) is 13.6. The lowest BCUT2D eigenvalue weighted by Crippen LogP contribution is -2.21. The van der Waals surface area contributed by atoms with Gasteiger partial charge in [-0.05, 0) is 42.7 Å². The Kier molecular flexibility index (Phi) is 4.62. The van der Waals surface area contributed by atoms with Crippen molar-refractivity contribution in [1.29, 1.82) is 0 Å². The van der Waals surface area contributed by atoms with Gasteiger partial charge in [-0.1, -0.05) is 12.1 Å². The van der Waals surface area contributed by atoms with E-state index in [4.69, 9.17) is 4.74 Å². The van der Waals surface area contributed by atoms with E-state index >= 15 is 0 Å². The molecule has 6 heteroatoms. The molecule has 0 spiro atoms. The normalized spacial score (nSPS) is 13.4. The van der Waals surface area contributed by atoms with E-state index in [0.29, 0.717) is 11.4 Å². The molecule has 0 radical (unpaired) electrons. The summed E-state index contributed by atoms with van der Waals surface area (Å²) in [5, 5.41) is 6.44. The summed E-state index contributed by atoms with van der Waals surface area (Å²) < 4.78 is 5.10. The molecule has 120 valence electrons. The lowest BCUT2D eigenvalue weighted by molar-refractivity contribution is -0.117. The van der Waals surface area contributed by atoms with Crippen LogP contribution >= 0.6 is 11.3 Å². The molecule has 1 aliphatic rings. The Morgan fingerprint density at radius 2 is 1.91 bits per heavy atom. The molecule has 2 N–H and O–H groups in total. The molecular formula is C17H18N2O3S. The second-order valence-electron chi connectivity index (χ2n) is 5.46. The average Bonchev–Trinajstić information content (AvgIpc) is 3.33. The summed E-state index contributed by atoms with van der Waals surface area (Å²) in [4.78, 5) is 24.4. The van der Waals surface area contributed by atoms with Gasteiger partial charge >= 0.3 is 0 Å². The standard InChI is InChI=1S/C17H18N2O3S/c1-22-13-6-2-11(3-7-13)10-18-17(21)14-8-9-15(23-14)19-16(20)12-4-5-12/h2-3,6-9,12H,4-5,10H2,1H3,(H,18,21)(H,19,20). The van der Waals surface area contributed by atoms with E-state index in [-0.39, 0.29) is 17.7 Å². The van der Waals surface area contributed by atoms with Gasteiger partial charge in [0.15, 0.2) is 0 Å². The van der Waals surface area contributed by atoms with Crippen molar-refractivity contribution in [3.63, 3.8) is 0 Å². The van der Waals surface area contributed by atoms with Crippen molar-refractivity contribution >= 4 is 28.2 Å². The fourth-order valence-corrected chi connectivity index (χ4v) is 2.93. The van der Waals surface area contributed by atoms with Crippen LogP contribution in [-0.4, -0.2) is 18.9 Å². The first-order chi connectivity index (χ1) is 11.2. The third-order valence-electron chi connectivity index (χ3n) is 3.64. The average molecular weight is 330 g/mol. The third-order valence-corrected chi connectivity index (χ3v) is 4.64. The summed E-state index contributed by atoms with van der Waals surface area (Å²) in [6, 6.07) is 11.0. The van der Waals surface area contributed by atoms with Gasteiger partial charge in [-0.25, -0.2) is 0 Å². The Bertz CT molecular complexity index is 705. The molecule has 3 rings (SSSR count). The Labute approximate surface area is 138 Å². The minimum Gasteiger partial charge on any atom is -0.497 e. The second-order valence-corrected chi connectivity index (χ2v) is 6.54. The molecule has 1 aromatic carbocycles. The Morgan fingerprint density at radius 1 is 1.17 bits per heavy atom. The molecule has 1 saturated carbocycles. The van der Waals surface area contributed by atoms with Gasteiger partial charge in [-0.2, -0.15) is 0 Å². The van der Waals surface area contributed by atoms with Crippen LogP contribution in [0.25, 0.3) is 0 Å². The summed E-state index contributed by atoms with van der Waals surface area (Å²) in [6.45, 7) is 0.449. The Morgan fingerprint density at radius 3 is 2.57 bits per heavy atom. The smallest absolute Gasteiger partial charge is 0.261 e. The highest BCUT2D eigenvalue weighted by Gasteiger charge is 2.29. The number of ether oxygens (including phenoxy) is 1. The van der Waals surface area contributed by atoms with E-state index in [0.717, 1.165) is 29.2 Å². The van der Waals surface area contributed by atoms with Crippen LogP contribution in [-0.2, 0) is 11.3 Å². The van der Waals surface area contributed by atoms with Gasteiger partial charge in [-0.15, -0.1) is 11.3 Å². The lowest BCUT2D eigenvalue weighted by atomic mass is 10.2. The first kappa shape index (κ1) is 15.6. The largest absolute Gasteiger partial charge is 0.497 e. The highest BCUT2D eigenvalue weighted by atomic mass is 32.1. The predicted octanol–water partition coefficient (Wildman–Crippen LogP) is 3.04. The van der Waals surface area contributed by atoms with E-state index in [1.807, 2.05) is 24.3 Å². The van der Waals surface area contributed by atoms with Gasteiger partial charge in [0.05, 0.1) is 17.0 Å². The van der Waals surface area contributed by atoms with Crippen molar-refractivity contribution in [3.05, 3.63) is 46.8 Å². The molecule has 1 aliphatic carbocycles. The number of nitrogens with one attached hydrogen (secondary N) is 2. The van der Waals surface area contributed by atoms with Gasteiger partial charge < -0.3 is 15.4 Å². The van der Waals surface area contributed by atoms with Gasteiger partial charge in [0.25, 0.3) is 5.91 Å². The van der Waals surface area contributed by atoms with Crippen LogP contribution in [0, 0.1) is 5.92 Å². The van der Waals surface area contributed by atoms with Gasteiger partial charge in [0, 0.05) is 12.5 Å². The molecule has 23 heavy (non-hydrogen) atoms. The summed E-state index contributed by atoms with van der Waals surface area (Å²) in [6.07, 6.45) is 1.93. The van der Waals surface area contributed by atoms with Crippen molar-refractivity contribution < 1.29 is 14.3 Å². The molecule has 1 aromatic heterocycles. The number of carbonyl (C=O) groups is 2. The molecule has 0 saturated heterocycles. The molecule has 0 bridgehead atoms. The van der Waals surface area contributed by atoms with Crippen molar-refractivity contribution in [2.75, 3.05) is 12.4 Å². The highest BCUT2D eigenvalue weighted by Crippen LogP contribution is 2.31. The van der Waals surface area contributed by atoms with Crippen molar-refractivity contribution in [2.24, 2.45) is 5.92 Å². The zero-order valence-electron chi connectivity index (χ0n) is 12.8. The van der Waals surface area contributed by atoms with Crippen molar-refractivity contribution in [2.45, 2.75) is 19.4 Å². The van der Waals surface area contributed by atoms with Crippen LogP contribution in [0.3, 0.4) is 0 Å². The Balaban J connectivity index is 1.53. The molecule has 1 fully saturated rings. The van der Waals surface area contributed by atoms with E-state index in [9.17, 15) is 9.59 Å². The number of anilines is 1. The maximum atomic E-state index is 12.1. The zero-order chi connectivity index (χ0) is 16.2. The van der Waals surface area contributed by atoms with Gasteiger partial charge in [-0.3, -0.25) is 9.59 Å². The summed E-state index contributed by atoms with van der Waals surface area (Å²) in [7, 11) is 1.62. The van der Waals surface area contributed by atoms with Gasteiger partial charge in [0.1, 0.15) is 5.75 Å². The summed E-state index contributed by atoms with van der Waals surface area (Å²) >= 11 is 1.29. The maximum absolute atomic E-state index is 12.1. The minimum absolute atomic E-state index is 0.0528. The third kappa shape index (κ3) is 4.10. The molecule has 2 aromatic rings. The van der Waals surface area contributed by atoms with Gasteiger partial charge in [0.2, 0.25) is 5.91 Å². The van der Waals surface area contributed by atoms with E-state index < -0.39 is 0 Å². The molecule has 2 amide bonds.